The fourth-order valence-electron chi connectivity index (χ4n) is 2.48. The second kappa shape index (κ2) is 6.69. The summed E-state index contributed by atoms with van der Waals surface area (Å²) in [5.41, 5.74) is 0. The van der Waals surface area contributed by atoms with E-state index in [1.807, 2.05) is 26.8 Å². The summed E-state index contributed by atoms with van der Waals surface area (Å²) >= 11 is 0. The molecule has 2 unspecified atom stereocenters. The van der Waals surface area contributed by atoms with Gasteiger partial charge in [-0.05, 0) is 26.2 Å². The monoisotopic (exact) mass is 252 g/mol. The van der Waals surface area contributed by atoms with Crippen LogP contribution in [0.1, 0.15) is 46.5 Å². The molecule has 1 heterocycles. The van der Waals surface area contributed by atoms with Gasteiger partial charge in [0.2, 0.25) is 11.8 Å². The first-order valence-corrected chi connectivity index (χ1v) is 6.77. The first-order chi connectivity index (χ1) is 8.54. The number of carbonyl (C=O) groups excluding carboxylic acids is 2. The van der Waals surface area contributed by atoms with Crippen molar-refractivity contribution in [1.82, 2.24) is 10.2 Å². The van der Waals surface area contributed by atoms with E-state index in [9.17, 15) is 9.59 Å². The third-order valence-electron chi connectivity index (χ3n) is 3.50. The van der Waals surface area contributed by atoms with Crippen LogP contribution < -0.4 is 5.32 Å². The summed E-state index contributed by atoms with van der Waals surface area (Å²) in [7, 11) is 0. The molecule has 0 saturated carbocycles. The largest absolute Gasteiger partial charge is 0.303 e. The van der Waals surface area contributed by atoms with Gasteiger partial charge < -0.3 is 5.32 Å². The van der Waals surface area contributed by atoms with Crippen LogP contribution in [0.25, 0.3) is 0 Å². The van der Waals surface area contributed by atoms with Crippen LogP contribution >= 0.6 is 0 Å². The van der Waals surface area contributed by atoms with E-state index in [1.165, 1.54) is 4.90 Å². The highest BCUT2D eigenvalue weighted by atomic mass is 16.2. The second-order valence-corrected chi connectivity index (χ2v) is 4.92. The number of nitrogens with one attached hydrogen (secondary N) is 1. The summed E-state index contributed by atoms with van der Waals surface area (Å²) in [6.07, 6.45) is 4.54. The molecule has 2 amide bonds. The molecule has 0 aromatic rings. The van der Waals surface area contributed by atoms with Crippen molar-refractivity contribution >= 4 is 11.8 Å². The van der Waals surface area contributed by atoms with Crippen LogP contribution in [-0.4, -0.2) is 34.8 Å². The summed E-state index contributed by atoms with van der Waals surface area (Å²) in [5, 5.41) is 3.21. The Morgan fingerprint density at radius 3 is 2.56 bits per heavy atom. The zero-order valence-electron chi connectivity index (χ0n) is 11.6. The summed E-state index contributed by atoms with van der Waals surface area (Å²) < 4.78 is 0. The maximum Gasteiger partial charge on any atom is 0.247 e. The molecule has 1 saturated heterocycles. The molecule has 18 heavy (non-hydrogen) atoms. The molecular formula is C14H24N2O2. The van der Waals surface area contributed by atoms with Gasteiger partial charge in [-0.25, -0.2) is 0 Å². The van der Waals surface area contributed by atoms with Crippen LogP contribution in [0.2, 0.25) is 0 Å². The van der Waals surface area contributed by atoms with E-state index in [1.54, 1.807) is 0 Å². The molecule has 0 aliphatic carbocycles. The van der Waals surface area contributed by atoms with Crippen LogP contribution in [0.5, 0.6) is 0 Å². The fraction of sp³-hybridized carbons (Fsp3) is 0.714. The molecule has 0 bridgehead atoms. The number of nitrogens with zero attached hydrogens (tertiary/aromatic N) is 1. The van der Waals surface area contributed by atoms with E-state index in [4.69, 9.17) is 0 Å². The average molecular weight is 252 g/mol. The van der Waals surface area contributed by atoms with Gasteiger partial charge in [-0.2, -0.15) is 0 Å². The summed E-state index contributed by atoms with van der Waals surface area (Å²) in [6.45, 7) is 9.70. The number of imide groups is 1. The normalized spacial score (nSPS) is 21.8. The Kier molecular flexibility index (Phi) is 5.54. The maximum atomic E-state index is 12.2. The smallest absolute Gasteiger partial charge is 0.247 e. The quantitative estimate of drug-likeness (QED) is 0.556. The first-order valence-electron chi connectivity index (χ1n) is 6.77. The van der Waals surface area contributed by atoms with Crippen molar-refractivity contribution in [3.8, 4) is 0 Å². The molecule has 4 heteroatoms. The number of likely N-dealkylation sites (tertiary alicyclic amines) is 1. The third-order valence-corrected chi connectivity index (χ3v) is 3.50. The minimum atomic E-state index is -0.354. The van der Waals surface area contributed by atoms with Gasteiger partial charge in [-0.15, -0.1) is 6.58 Å². The molecular weight excluding hydrogens is 228 g/mol. The van der Waals surface area contributed by atoms with Crippen LogP contribution in [0.15, 0.2) is 12.7 Å². The molecule has 102 valence electrons. The van der Waals surface area contributed by atoms with Gasteiger partial charge in [0.05, 0.1) is 12.5 Å². The summed E-state index contributed by atoms with van der Waals surface area (Å²) in [5.74, 6) is -0.110. The van der Waals surface area contributed by atoms with Crippen molar-refractivity contribution in [1.29, 1.82) is 0 Å². The minimum absolute atomic E-state index is 0.0444. The maximum absolute atomic E-state index is 12.2. The van der Waals surface area contributed by atoms with Gasteiger partial charge >= 0.3 is 0 Å². The van der Waals surface area contributed by atoms with E-state index < -0.39 is 0 Å². The molecule has 1 fully saturated rings. The van der Waals surface area contributed by atoms with Crippen molar-refractivity contribution < 1.29 is 9.59 Å². The first kappa shape index (κ1) is 14.9. The molecule has 1 rings (SSSR count). The Morgan fingerprint density at radius 2 is 2.06 bits per heavy atom. The van der Waals surface area contributed by atoms with Gasteiger partial charge in [0.1, 0.15) is 0 Å². The van der Waals surface area contributed by atoms with Gasteiger partial charge in [0.15, 0.2) is 0 Å². The van der Waals surface area contributed by atoms with Gasteiger partial charge in [-0.3, -0.25) is 14.5 Å². The van der Waals surface area contributed by atoms with E-state index in [0.29, 0.717) is 0 Å². The van der Waals surface area contributed by atoms with E-state index >= 15 is 0 Å². The topological polar surface area (TPSA) is 49.4 Å². The van der Waals surface area contributed by atoms with Gasteiger partial charge in [0, 0.05) is 12.1 Å². The van der Waals surface area contributed by atoms with E-state index in [0.717, 1.165) is 19.3 Å². The van der Waals surface area contributed by atoms with Crippen molar-refractivity contribution in [2.24, 2.45) is 0 Å². The highest BCUT2D eigenvalue weighted by Crippen LogP contribution is 2.20. The minimum Gasteiger partial charge on any atom is -0.303 e. The Hall–Kier alpha value is -1.16. The Balaban J connectivity index is 2.68. The molecule has 1 aliphatic heterocycles. The SMILES string of the molecule is C=CCC(C)NC1CC(=O)N(C(CC)CC)C1=O. The van der Waals surface area contributed by atoms with Crippen LogP contribution in [0.4, 0.5) is 0 Å². The fourth-order valence-corrected chi connectivity index (χ4v) is 2.48. The van der Waals surface area contributed by atoms with Crippen molar-refractivity contribution in [3.63, 3.8) is 0 Å². The predicted molar refractivity (Wildman–Crippen MR) is 72.0 cm³/mol. The molecule has 1 aliphatic rings. The lowest BCUT2D eigenvalue weighted by atomic mass is 10.1. The molecule has 0 aromatic heterocycles. The number of hydrogen-bond acceptors (Lipinski definition) is 3. The van der Waals surface area contributed by atoms with Crippen molar-refractivity contribution in [2.75, 3.05) is 0 Å². The van der Waals surface area contributed by atoms with Crippen molar-refractivity contribution in [3.05, 3.63) is 12.7 Å². The Labute approximate surface area is 109 Å². The zero-order chi connectivity index (χ0) is 13.7. The number of amides is 2. The summed E-state index contributed by atoms with van der Waals surface area (Å²) in [6, 6.07) is -0.134. The van der Waals surface area contributed by atoms with E-state index in [-0.39, 0.29) is 36.4 Å². The van der Waals surface area contributed by atoms with Crippen LogP contribution in [-0.2, 0) is 9.59 Å². The van der Waals surface area contributed by atoms with Crippen molar-refractivity contribution in [2.45, 2.75) is 64.6 Å². The average Bonchev–Trinajstić information content (AvgIpc) is 2.59. The lowest BCUT2D eigenvalue weighted by Crippen LogP contribution is -2.45. The van der Waals surface area contributed by atoms with Gasteiger partial charge in [0.25, 0.3) is 0 Å². The van der Waals surface area contributed by atoms with Crippen LogP contribution in [0.3, 0.4) is 0 Å². The lowest BCUT2D eigenvalue weighted by Gasteiger charge is -2.25. The standard InChI is InChI=1S/C14H24N2O2/c1-5-8-10(4)15-12-9-13(17)16(14(12)18)11(6-2)7-3/h5,10-12,15H,1,6-9H2,2-4H3. The Bertz CT molecular complexity index is 324. The third kappa shape index (κ3) is 3.19. The molecule has 0 radical (unpaired) electrons. The summed E-state index contributed by atoms with van der Waals surface area (Å²) in [4.78, 5) is 25.6. The number of rotatable bonds is 7. The second-order valence-electron chi connectivity index (χ2n) is 4.92. The van der Waals surface area contributed by atoms with Gasteiger partial charge in [-0.1, -0.05) is 19.9 Å². The van der Waals surface area contributed by atoms with Crippen LogP contribution in [0, 0.1) is 0 Å². The highest BCUT2D eigenvalue weighted by molar-refractivity contribution is 6.05. The molecule has 0 aromatic carbocycles. The zero-order valence-corrected chi connectivity index (χ0v) is 11.6. The predicted octanol–water partition coefficient (Wildman–Crippen LogP) is 1.86. The molecule has 1 N–H and O–H groups in total. The lowest BCUT2D eigenvalue weighted by molar-refractivity contribution is -0.141. The molecule has 2 atom stereocenters. The number of carbonyl (C=O) groups is 2. The number of hydrogen-bond donors (Lipinski definition) is 1. The molecule has 0 spiro atoms. The van der Waals surface area contributed by atoms with E-state index in [2.05, 4.69) is 11.9 Å². The highest BCUT2D eigenvalue weighted by Gasteiger charge is 2.41. The Morgan fingerprint density at radius 1 is 1.44 bits per heavy atom. The molecule has 4 nitrogen and oxygen atoms in total.